The Morgan fingerprint density at radius 2 is 1.38 bits per heavy atom. The maximum absolute atomic E-state index is 14.4. The predicted octanol–water partition coefficient (Wildman–Crippen LogP) is 2.39. The molecule has 0 spiro atoms. The Morgan fingerprint density at radius 3 is 1.96 bits per heavy atom. The van der Waals surface area contributed by atoms with E-state index in [0.717, 1.165) is 11.1 Å². The summed E-state index contributed by atoms with van der Waals surface area (Å²) in [5.41, 5.74) is 36.7. The molecule has 28 nitrogen and oxygen atoms in total. The number of aliphatic hydroxyl groups excluding tert-OH is 2. The number of nitrogens with two attached hydrogens (primary N) is 6. The molecule has 1 radical (unpaired) electrons. The fourth-order valence-corrected chi connectivity index (χ4v) is 16.4. The van der Waals surface area contributed by atoms with Crippen LogP contribution in [0.25, 0.3) is 16.4 Å². The first-order valence-electron chi connectivity index (χ1n) is 30.5. The molecule has 2 aromatic rings. The minimum Gasteiger partial charge on any atom is -0.756 e. The quantitative estimate of drug-likeness (QED) is 0.0482. The van der Waals surface area contributed by atoms with E-state index in [9.17, 15) is 53.2 Å². The van der Waals surface area contributed by atoms with Gasteiger partial charge in [-0.3, -0.25) is 53.1 Å². The maximum Gasteiger partial charge on any atom is 0.268 e. The van der Waals surface area contributed by atoms with Gasteiger partial charge in [-0.25, -0.2) is 4.98 Å². The van der Waals surface area contributed by atoms with Crippen LogP contribution in [-0.4, -0.2) is 127 Å². The van der Waals surface area contributed by atoms with Gasteiger partial charge in [0.2, 0.25) is 41.4 Å². The van der Waals surface area contributed by atoms with Crippen molar-refractivity contribution < 1.29 is 89.3 Å². The molecule has 2 fully saturated rings. The van der Waals surface area contributed by atoms with E-state index < -0.39 is 143 Å². The standard InChI is InChI=1S/C62H90N13O14P.Co.H2O/c1-29-20-39-40(21-30(29)2)75(28-70-39)57-52(84)53(41(27-76)87-57)89-90(85,86)88-31(3)26-69-49(83)18-19-59(8)37(22-46(66)80)56-62(11)61(10,25-48(68)82)36(14-17-45(65)79)51(74-62)33(5)55-60(9,24-47(67)81)34(12-15-43(63)77)38(71-55)23-42-58(6,7)35(13-16-44(64)78)50(72-42)32(4)54(59)73-56;;/h20-21,23,28,31,34-37,41,52-53,56-57,76,84H,12-19,22,24-27H2,1-11H3,(H15,63,64,65,66,67,68,69,71,72,73,74,77,78,79,80,81,82,83,85,86);;1H2/p-1/t31-,34-,35-,36-,37+,41-,52-,53-,56-,57+,59-,60+,61+,62+;;/m1../s1. The molecule has 2 saturated heterocycles. The molecule has 6 aliphatic rings. The number of hydrogen-bond acceptors (Lipinski definition) is 18. The summed E-state index contributed by atoms with van der Waals surface area (Å²) in [7, 11) is -5.32. The Bertz CT molecular complexity index is 3550. The molecular weight excluding hydrogens is 1260 g/mol. The molecule has 0 saturated carbocycles. The predicted molar refractivity (Wildman–Crippen MR) is 336 cm³/mol. The third kappa shape index (κ3) is 14.1. The van der Waals surface area contributed by atoms with Gasteiger partial charge in [0.05, 0.1) is 41.3 Å². The molecule has 1 aromatic heterocycles. The summed E-state index contributed by atoms with van der Waals surface area (Å²) >= 11 is 0. The zero-order valence-electron chi connectivity index (χ0n) is 54.1. The van der Waals surface area contributed by atoms with Gasteiger partial charge in [-0.05, 0) is 119 Å². The minimum absolute atomic E-state index is 0. The number of fused-ring (bicyclic) bond motifs is 7. The van der Waals surface area contributed by atoms with Gasteiger partial charge in [-0.1, -0.05) is 40.7 Å². The number of allylic oxidation sites excluding steroid dienone is 6. The number of amides is 7. The van der Waals surface area contributed by atoms with Crippen LogP contribution in [0.5, 0.6) is 0 Å². The van der Waals surface area contributed by atoms with Gasteiger partial charge >= 0.3 is 0 Å². The topological polar surface area (TPSA) is 498 Å². The Hall–Kier alpha value is -6.53. The van der Waals surface area contributed by atoms with Crippen LogP contribution < -0.4 is 44.6 Å². The Balaban J connectivity index is 0.00000672. The van der Waals surface area contributed by atoms with E-state index in [-0.39, 0.29) is 99.4 Å². The van der Waals surface area contributed by atoms with Crippen LogP contribution >= 0.6 is 7.82 Å². The number of nitrogens with zero attached hydrogens (tertiary/aromatic N) is 6. The van der Waals surface area contributed by atoms with Crippen molar-refractivity contribution in [2.24, 2.45) is 94.7 Å². The number of phosphoric ester groups is 1. The summed E-state index contributed by atoms with van der Waals surface area (Å²) < 4.78 is 31.9. The van der Waals surface area contributed by atoms with Crippen LogP contribution in [0.2, 0.25) is 0 Å². The summed E-state index contributed by atoms with van der Waals surface area (Å²) in [6.45, 7) is 19.0. The molecule has 18 N–H and O–H groups in total. The SMILES string of the molecule is C/C1=C2/[N-][C@H]([C@H](CC(N)=O)[C@@]2(C)CCC(=O)NC[C@@H](C)OP(=O)([O-])O[C@H]2[C@@H](O)[C@@H](n3cnc4cc(C)c(C)cc43)O[C@@H]2CO)[C@]2(C)N=C(/C(C)=C3N=C(/C=C4N=C1[C@@H](CCC(N)=O)C\4(C)C)[C@@H](CCC(N)=O)[C@]\3(C)CC(N)=O)[C@@H](CCC(N)=O)[C@]2(C)CC(N)=O.[Co].[OH3+]. The Morgan fingerprint density at radius 1 is 0.793 bits per heavy atom. The molecule has 7 amide bonds. The fourth-order valence-electron chi connectivity index (χ4n) is 15.3. The number of aliphatic imine (C=N–C) groups is 3. The van der Waals surface area contributed by atoms with Crippen molar-refractivity contribution in [3.8, 4) is 0 Å². The van der Waals surface area contributed by atoms with Crippen molar-refractivity contribution in [1.29, 1.82) is 0 Å². The first-order chi connectivity index (χ1) is 41.8. The summed E-state index contributed by atoms with van der Waals surface area (Å²) in [6.07, 6.45) is -4.79. The molecule has 92 heavy (non-hydrogen) atoms. The molecule has 509 valence electrons. The van der Waals surface area contributed by atoms with E-state index in [4.69, 9.17) is 68.5 Å². The van der Waals surface area contributed by atoms with Gasteiger partial charge in [-0.15, -0.1) is 0 Å². The van der Waals surface area contributed by atoms with Gasteiger partial charge in [0.25, 0.3) is 7.82 Å². The number of aryl methyl sites for hydroxylation is 2. The largest absolute Gasteiger partial charge is 0.756 e. The van der Waals surface area contributed by atoms with E-state index in [2.05, 4.69) is 10.3 Å². The molecule has 15 atom stereocenters. The second-order valence-electron chi connectivity index (χ2n) is 27.0. The van der Waals surface area contributed by atoms with E-state index in [0.29, 0.717) is 56.4 Å². The van der Waals surface area contributed by atoms with Crippen LogP contribution in [0.15, 0.2) is 67.8 Å². The number of ether oxygens (including phenoxy) is 1. The monoisotopic (exact) mass is 1350 g/mol. The number of carbonyl (C=O) groups excluding carboxylic acids is 7. The number of benzene rings is 1. The van der Waals surface area contributed by atoms with E-state index in [1.807, 2.05) is 80.5 Å². The van der Waals surface area contributed by atoms with Crippen molar-refractivity contribution in [1.82, 2.24) is 14.9 Å². The zero-order chi connectivity index (χ0) is 66.7. The van der Waals surface area contributed by atoms with Gasteiger partial charge in [0.1, 0.15) is 18.3 Å². The smallest absolute Gasteiger partial charge is 0.268 e. The van der Waals surface area contributed by atoms with Crippen molar-refractivity contribution in [3.05, 3.63) is 69.2 Å². The molecule has 30 heteroatoms. The molecule has 7 heterocycles. The Kier molecular flexibility index (Phi) is 22.5. The van der Waals surface area contributed by atoms with Gasteiger partial charge in [0, 0.05) is 125 Å². The number of phosphoric acid groups is 1. The average Bonchev–Trinajstić information content (AvgIpc) is 1.53. The first-order valence-corrected chi connectivity index (χ1v) is 32.0. The summed E-state index contributed by atoms with van der Waals surface area (Å²) in [5, 5.41) is 30.1. The minimum atomic E-state index is -5.32. The molecule has 1 aromatic carbocycles. The molecular formula is C62H91CoN13O15P-. The number of rotatable bonds is 26. The van der Waals surface area contributed by atoms with E-state index in [1.54, 1.807) is 6.92 Å². The number of primary amides is 6. The van der Waals surface area contributed by atoms with E-state index >= 15 is 0 Å². The maximum atomic E-state index is 14.4. The average molecular weight is 1350 g/mol. The van der Waals surface area contributed by atoms with Crippen LogP contribution in [0, 0.1) is 59.2 Å². The van der Waals surface area contributed by atoms with Crippen LogP contribution in [0.4, 0.5) is 0 Å². The van der Waals surface area contributed by atoms with Crippen LogP contribution in [-0.2, 0) is 74.2 Å². The van der Waals surface area contributed by atoms with Crippen molar-refractivity contribution in [2.75, 3.05) is 13.2 Å². The second-order valence-corrected chi connectivity index (χ2v) is 28.3. The number of hydrogen-bond donors (Lipinski definition) is 9. The number of imidazole rings is 1. The molecule has 8 rings (SSSR count). The summed E-state index contributed by atoms with van der Waals surface area (Å²) in [6, 6.07) is 2.65. The number of nitrogens with one attached hydrogen (secondary N) is 1. The molecule has 6 aliphatic heterocycles. The van der Waals surface area contributed by atoms with E-state index in [1.165, 1.54) is 17.8 Å². The second kappa shape index (κ2) is 27.8. The summed E-state index contributed by atoms with van der Waals surface area (Å²) in [5.74, 6) is -7.40. The Labute approximate surface area is 545 Å². The third-order valence-corrected chi connectivity index (χ3v) is 21.6. The normalized spacial score (nSPS) is 33.5. The molecule has 1 unspecified atom stereocenters. The van der Waals surface area contributed by atoms with Crippen molar-refractivity contribution >= 4 is 77.3 Å². The number of aliphatic hydroxyl groups is 2. The van der Waals surface area contributed by atoms with Gasteiger partial charge in [-0.2, -0.15) is 5.70 Å². The first kappa shape index (κ1) is 74.5. The zero-order valence-corrected chi connectivity index (χ0v) is 56.0. The van der Waals surface area contributed by atoms with Crippen LogP contribution in [0.1, 0.15) is 150 Å². The van der Waals surface area contributed by atoms with Crippen LogP contribution in [0.3, 0.4) is 0 Å². The molecule has 0 aliphatic carbocycles. The van der Waals surface area contributed by atoms with Gasteiger partial charge < -0.3 is 84.0 Å². The number of carbonyl (C=O) groups is 7. The molecule has 8 bridgehead atoms. The third-order valence-electron chi connectivity index (χ3n) is 20.5. The fraction of sp³-hybridized carbons (Fsp3) is 0.629. The van der Waals surface area contributed by atoms with Crippen molar-refractivity contribution in [2.45, 2.75) is 189 Å². The van der Waals surface area contributed by atoms with Crippen molar-refractivity contribution in [3.63, 3.8) is 0 Å². The number of aromatic nitrogens is 2. The van der Waals surface area contributed by atoms with Gasteiger partial charge in [0.15, 0.2) is 6.23 Å². The summed E-state index contributed by atoms with van der Waals surface area (Å²) in [4.78, 5) is 128.